The summed E-state index contributed by atoms with van der Waals surface area (Å²) in [4.78, 5) is 15.1. The van der Waals surface area contributed by atoms with Gasteiger partial charge in [0.2, 0.25) is 5.88 Å². The van der Waals surface area contributed by atoms with Crippen molar-refractivity contribution in [2.24, 2.45) is 0 Å². The van der Waals surface area contributed by atoms with Crippen LogP contribution in [-0.2, 0) is 6.61 Å². The number of aliphatic hydroxyl groups is 1. The van der Waals surface area contributed by atoms with Crippen molar-refractivity contribution in [2.45, 2.75) is 13.5 Å². The largest absolute Gasteiger partial charge is 0.477 e. The molecule has 0 fully saturated rings. The molecular weight excluding hydrogens is 246 g/mol. The molecule has 19 heavy (non-hydrogen) atoms. The normalized spacial score (nSPS) is 10.2. The predicted molar refractivity (Wildman–Crippen MR) is 68.4 cm³/mol. The summed E-state index contributed by atoms with van der Waals surface area (Å²) in [5.74, 6) is -0.603. The fourth-order valence-electron chi connectivity index (χ4n) is 1.69. The Hall–Kier alpha value is -2.40. The number of carboxylic acids is 1. The van der Waals surface area contributed by atoms with Gasteiger partial charge in [-0.25, -0.2) is 9.78 Å². The second-order valence-electron chi connectivity index (χ2n) is 4.02. The number of pyridine rings is 1. The number of hydrogen-bond donors (Lipinski definition) is 2. The number of rotatable bonds is 4. The lowest BCUT2D eigenvalue weighted by Gasteiger charge is -2.09. The van der Waals surface area contributed by atoms with Crippen LogP contribution in [0, 0.1) is 6.92 Å². The van der Waals surface area contributed by atoms with Crippen molar-refractivity contribution in [3.8, 4) is 11.6 Å². The van der Waals surface area contributed by atoms with Crippen molar-refractivity contribution in [3.63, 3.8) is 0 Å². The Bertz CT molecular complexity index is 610. The van der Waals surface area contributed by atoms with Gasteiger partial charge in [0.05, 0.1) is 6.61 Å². The number of benzene rings is 1. The molecule has 0 atom stereocenters. The summed E-state index contributed by atoms with van der Waals surface area (Å²) in [5.41, 5.74) is 1.30. The van der Waals surface area contributed by atoms with Crippen molar-refractivity contribution >= 4 is 5.97 Å². The second-order valence-corrected chi connectivity index (χ2v) is 4.02. The maximum absolute atomic E-state index is 11.2. The number of carboxylic acid groups (broad SMARTS) is 1. The molecule has 5 heteroatoms. The van der Waals surface area contributed by atoms with Crippen LogP contribution in [0.15, 0.2) is 36.5 Å². The highest BCUT2D eigenvalue weighted by molar-refractivity contribution is 5.91. The van der Waals surface area contributed by atoms with Gasteiger partial charge in [0.25, 0.3) is 0 Å². The fraction of sp³-hybridized carbons (Fsp3) is 0.143. The van der Waals surface area contributed by atoms with Crippen LogP contribution in [0.5, 0.6) is 11.6 Å². The van der Waals surface area contributed by atoms with Crippen LogP contribution in [0.2, 0.25) is 0 Å². The van der Waals surface area contributed by atoms with Gasteiger partial charge in [-0.2, -0.15) is 0 Å². The van der Waals surface area contributed by atoms with E-state index in [0.29, 0.717) is 16.9 Å². The van der Waals surface area contributed by atoms with Gasteiger partial charge in [0.15, 0.2) is 0 Å². The van der Waals surface area contributed by atoms with E-state index in [1.807, 2.05) is 0 Å². The van der Waals surface area contributed by atoms with Crippen LogP contribution in [0.25, 0.3) is 0 Å². The molecule has 0 aliphatic heterocycles. The molecule has 1 aromatic carbocycles. The zero-order chi connectivity index (χ0) is 13.8. The molecule has 5 nitrogen and oxygen atoms in total. The minimum absolute atomic E-state index is 0.0388. The maximum Gasteiger partial charge on any atom is 0.341 e. The van der Waals surface area contributed by atoms with Gasteiger partial charge in [-0.1, -0.05) is 12.1 Å². The lowest BCUT2D eigenvalue weighted by molar-refractivity contribution is 0.0692. The summed E-state index contributed by atoms with van der Waals surface area (Å²) in [6.07, 6.45) is 1.49. The first-order valence-corrected chi connectivity index (χ1v) is 5.68. The Morgan fingerprint density at radius 2 is 2.16 bits per heavy atom. The standard InChI is InChI=1S/C14H13NO4/c1-9-5-6-15-13(12(9)14(17)18)19-11-4-2-3-10(7-11)8-16/h2-7,16H,8H2,1H3,(H,17,18). The topological polar surface area (TPSA) is 79.7 Å². The molecule has 1 heterocycles. The van der Waals surface area contributed by atoms with E-state index < -0.39 is 5.97 Å². The SMILES string of the molecule is Cc1ccnc(Oc2cccc(CO)c2)c1C(=O)O. The monoisotopic (exact) mass is 259 g/mol. The van der Waals surface area contributed by atoms with Crippen LogP contribution in [0.3, 0.4) is 0 Å². The van der Waals surface area contributed by atoms with Crippen LogP contribution in [-0.4, -0.2) is 21.2 Å². The van der Waals surface area contributed by atoms with Crippen LogP contribution >= 0.6 is 0 Å². The van der Waals surface area contributed by atoms with Gasteiger partial charge in [-0.15, -0.1) is 0 Å². The third-order valence-corrected chi connectivity index (χ3v) is 2.63. The lowest BCUT2D eigenvalue weighted by atomic mass is 10.1. The van der Waals surface area contributed by atoms with Crippen molar-refractivity contribution < 1.29 is 19.7 Å². The van der Waals surface area contributed by atoms with Gasteiger partial charge in [0, 0.05) is 6.20 Å². The molecule has 98 valence electrons. The van der Waals surface area contributed by atoms with E-state index in [0.717, 1.165) is 0 Å². The van der Waals surface area contributed by atoms with Gasteiger partial charge in [-0.3, -0.25) is 0 Å². The van der Waals surface area contributed by atoms with Crippen molar-refractivity contribution in [1.82, 2.24) is 4.98 Å². The summed E-state index contributed by atoms with van der Waals surface area (Å²) >= 11 is 0. The zero-order valence-electron chi connectivity index (χ0n) is 10.3. The smallest absolute Gasteiger partial charge is 0.341 e. The zero-order valence-corrected chi connectivity index (χ0v) is 10.3. The average Bonchev–Trinajstić information content (AvgIpc) is 2.38. The highest BCUT2D eigenvalue weighted by Crippen LogP contribution is 2.25. The molecule has 2 N–H and O–H groups in total. The molecule has 0 unspecified atom stereocenters. The van der Waals surface area contributed by atoms with E-state index >= 15 is 0 Å². The third kappa shape index (κ3) is 2.89. The minimum Gasteiger partial charge on any atom is -0.477 e. The molecule has 0 aliphatic carbocycles. The molecule has 0 saturated carbocycles. The summed E-state index contributed by atoms with van der Waals surface area (Å²) in [7, 11) is 0. The van der Waals surface area contributed by atoms with Gasteiger partial charge in [-0.05, 0) is 36.2 Å². The minimum atomic E-state index is -1.08. The fourth-order valence-corrected chi connectivity index (χ4v) is 1.69. The quantitative estimate of drug-likeness (QED) is 0.881. The number of carbonyl (C=O) groups is 1. The Labute approximate surface area is 110 Å². The van der Waals surface area contributed by atoms with E-state index in [4.69, 9.17) is 14.9 Å². The lowest BCUT2D eigenvalue weighted by Crippen LogP contribution is -2.04. The first kappa shape index (κ1) is 13.0. The molecule has 2 rings (SSSR count). The number of nitrogens with zero attached hydrogens (tertiary/aromatic N) is 1. The summed E-state index contributed by atoms with van der Waals surface area (Å²) in [6, 6.07) is 8.39. The van der Waals surface area contributed by atoms with Gasteiger partial charge < -0.3 is 14.9 Å². The van der Waals surface area contributed by atoms with Crippen LogP contribution in [0.4, 0.5) is 0 Å². The highest BCUT2D eigenvalue weighted by atomic mass is 16.5. The van der Waals surface area contributed by atoms with Crippen molar-refractivity contribution in [2.75, 3.05) is 0 Å². The third-order valence-electron chi connectivity index (χ3n) is 2.63. The summed E-state index contributed by atoms with van der Waals surface area (Å²) in [6.45, 7) is 1.58. The molecule has 1 aromatic heterocycles. The summed E-state index contributed by atoms with van der Waals surface area (Å²) in [5, 5.41) is 18.2. The van der Waals surface area contributed by atoms with Gasteiger partial charge >= 0.3 is 5.97 Å². The van der Waals surface area contributed by atoms with E-state index in [9.17, 15) is 4.79 Å². The predicted octanol–water partition coefficient (Wildman–Crippen LogP) is 2.37. The van der Waals surface area contributed by atoms with E-state index in [-0.39, 0.29) is 18.1 Å². The first-order chi connectivity index (χ1) is 9.11. The van der Waals surface area contributed by atoms with Crippen LogP contribution < -0.4 is 4.74 Å². The maximum atomic E-state index is 11.2. The number of ether oxygens (including phenoxy) is 1. The molecule has 0 aliphatic rings. The number of hydrogen-bond acceptors (Lipinski definition) is 4. The molecule has 0 amide bonds. The second kappa shape index (κ2) is 5.49. The highest BCUT2D eigenvalue weighted by Gasteiger charge is 2.16. The number of aromatic nitrogens is 1. The first-order valence-electron chi connectivity index (χ1n) is 5.68. The van der Waals surface area contributed by atoms with E-state index in [1.165, 1.54) is 6.20 Å². The molecule has 0 bridgehead atoms. The number of aliphatic hydroxyl groups excluding tert-OH is 1. The number of aromatic carboxylic acids is 1. The molecule has 0 saturated heterocycles. The molecule has 2 aromatic rings. The molecular formula is C14H13NO4. The van der Waals surface area contributed by atoms with E-state index in [2.05, 4.69) is 4.98 Å². The average molecular weight is 259 g/mol. The van der Waals surface area contributed by atoms with E-state index in [1.54, 1.807) is 37.3 Å². The Morgan fingerprint density at radius 3 is 2.84 bits per heavy atom. The van der Waals surface area contributed by atoms with Gasteiger partial charge in [0.1, 0.15) is 11.3 Å². The molecule has 0 radical (unpaired) electrons. The van der Waals surface area contributed by atoms with Crippen molar-refractivity contribution in [1.29, 1.82) is 0 Å². The number of aryl methyl sites for hydroxylation is 1. The van der Waals surface area contributed by atoms with Crippen molar-refractivity contribution in [3.05, 3.63) is 53.2 Å². The Kier molecular flexibility index (Phi) is 3.77. The summed E-state index contributed by atoms with van der Waals surface area (Å²) < 4.78 is 5.49. The Balaban J connectivity index is 2.38. The molecule has 0 spiro atoms. The van der Waals surface area contributed by atoms with Crippen LogP contribution in [0.1, 0.15) is 21.5 Å². The Morgan fingerprint density at radius 1 is 1.37 bits per heavy atom.